The first-order valence-corrected chi connectivity index (χ1v) is 7.42. The summed E-state index contributed by atoms with van der Waals surface area (Å²) in [7, 11) is -1.87. The van der Waals surface area contributed by atoms with Gasteiger partial charge in [-0.05, 0) is 24.0 Å². The molecule has 116 valence electrons. The molecule has 0 saturated carbocycles. The van der Waals surface area contributed by atoms with Crippen molar-refractivity contribution >= 4 is 34.7 Å². The third kappa shape index (κ3) is 5.05. The van der Waals surface area contributed by atoms with E-state index in [0.29, 0.717) is 11.1 Å². The molecule has 0 spiro atoms. The first-order valence-electron chi connectivity index (χ1n) is 5.65. The zero-order valence-corrected chi connectivity index (χ0v) is 13.1. The molecular weight excluding hydrogens is 318 g/mol. The van der Waals surface area contributed by atoms with Gasteiger partial charge < -0.3 is 8.92 Å². The molecule has 21 heavy (non-hydrogen) atoms. The average Bonchev–Trinajstić information content (AvgIpc) is 2.45. The number of carbonyl (C=O) groups is 1. The Labute approximate surface area is 128 Å². The van der Waals surface area contributed by atoms with E-state index in [0.717, 1.165) is 13.4 Å². The van der Waals surface area contributed by atoms with Gasteiger partial charge in [0.2, 0.25) is 0 Å². The maximum Gasteiger partial charge on any atom is 0.362 e. The number of ether oxygens (including phenoxy) is 1. The zero-order chi connectivity index (χ0) is 15.9. The Hall–Kier alpha value is -1.55. The van der Waals surface area contributed by atoms with E-state index in [1.54, 1.807) is 29.0 Å². The number of rotatable bonds is 7. The molecule has 0 saturated heterocycles. The third-order valence-electron chi connectivity index (χ3n) is 2.45. The summed E-state index contributed by atoms with van der Waals surface area (Å²) in [6, 6.07) is 6.79. The highest BCUT2D eigenvalue weighted by molar-refractivity contribution is 7.85. The van der Waals surface area contributed by atoms with Crippen LogP contribution in [0.4, 0.5) is 0 Å². The Morgan fingerprint density at radius 2 is 2.00 bits per heavy atom. The van der Waals surface area contributed by atoms with Crippen molar-refractivity contribution in [1.29, 1.82) is 0 Å². The maximum absolute atomic E-state index is 12.1. The molecule has 0 fully saturated rings. The first-order chi connectivity index (χ1) is 9.95. The lowest BCUT2D eigenvalue weighted by Gasteiger charge is -2.12. The molecule has 1 amide bonds. The van der Waals surface area contributed by atoms with Crippen LogP contribution in [0.3, 0.4) is 0 Å². The van der Waals surface area contributed by atoms with Crippen LogP contribution < -0.4 is 4.72 Å². The van der Waals surface area contributed by atoms with Crippen molar-refractivity contribution in [3.8, 4) is 0 Å². The van der Waals surface area contributed by atoms with Crippen LogP contribution in [0.2, 0.25) is 0 Å². The van der Waals surface area contributed by atoms with Gasteiger partial charge in [0.05, 0.1) is 32.7 Å². The molecule has 1 aromatic rings. The second kappa shape index (κ2) is 8.03. The molecule has 1 aromatic carbocycles. The Balaban J connectivity index is 3.20. The lowest BCUT2D eigenvalue weighted by atomic mass is 10.0. The van der Waals surface area contributed by atoms with Gasteiger partial charge in [-0.15, -0.1) is 0 Å². The smallest absolute Gasteiger partial charge is 0.362 e. The SMILES string of the molecule is CO/C=C(/C(=O)NS(=O)(=O)OC)c1ccccc1COS. The minimum absolute atomic E-state index is 0.0131. The highest BCUT2D eigenvalue weighted by atomic mass is 32.2. The topological polar surface area (TPSA) is 90.9 Å². The van der Waals surface area contributed by atoms with Crippen molar-refractivity contribution in [2.75, 3.05) is 14.2 Å². The van der Waals surface area contributed by atoms with Gasteiger partial charge in [0.1, 0.15) is 0 Å². The summed E-state index contributed by atoms with van der Waals surface area (Å²) >= 11 is 3.67. The Kier molecular flexibility index (Phi) is 6.69. The van der Waals surface area contributed by atoms with E-state index in [4.69, 9.17) is 8.92 Å². The van der Waals surface area contributed by atoms with Gasteiger partial charge in [0.25, 0.3) is 5.91 Å². The lowest BCUT2D eigenvalue weighted by molar-refractivity contribution is -0.114. The van der Waals surface area contributed by atoms with Crippen LogP contribution in [0.25, 0.3) is 5.57 Å². The van der Waals surface area contributed by atoms with Gasteiger partial charge in [-0.3, -0.25) is 8.98 Å². The van der Waals surface area contributed by atoms with Gasteiger partial charge >= 0.3 is 10.3 Å². The van der Waals surface area contributed by atoms with E-state index >= 15 is 0 Å². The number of amides is 1. The van der Waals surface area contributed by atoms with Gasteiger partial charge in [-0.2, -0.15) is 8.42 Å². The largest absolute Gasteiger partial charge is 0.504 e. The molecule has 0 aromatic heterocycles. The van der Waals surface area contributed by atoms with Crippen LogP contribution in [-0.4, -0.2) is 28.5 Å². The van der Waals surface area contributed by atoms with Crippen LogP contribution in [0.5, 0.6) is 0 Å². The molecule has 0 atom stereocenters. The molecule has 0 aliphatic rings. The molecule has 0 unspecified atom stereocenters. The van der Waals surface area contributed by atoms with E-state index in [9.17, 15) is 13.2 Å². The Bertz CT molecular complexity index is 626. The van der Waals surface area contributed by atoms with Gasteiger partial charge in [0, 0.05) is 0 Å². The van der Waals surface area contributed by atoms with Gasteiger partial charge in [0.15, 0.2) is 0 Å². The van der Waals surface area contributed by atoms with E-state index in [-0.39, 0.29) is 12.2 Å². The predicted molar refractivity (Wildman–Crippen MR) is 79.3 cm³/mol. The third-order valence-corrected chi connectivity index (χ3v) is 3.45. The number of carbonyl (C=O) groups excluding carboxylic acids is 1. The van der Waals surface area contributed by atoms with Crippen molar-refractivity contribution in [1.82, 2.24) is 4.72 Å². The number of hydrogen-bond donors (Lipinski definition) is 2. The maximum atomic E-state index is 12.1. The Morgan fingerprint density at radius 3 is 2.57 bits per heavy atom. The number of thiol groups is 1. The fourth-order valence-corrected chi connectivity index (χ4v) is 2.11. The standard InChI is InChI=1S/C12H15NO6S2/c1-17-8-11(12(14)13-21(15,16)18-2)10-6-4-3-5-9(10)7-19-20/h3-6,8,20H,7H2,1-2H3,(H,13,14)/b11-8+. The van der Waals surface area contributed by atoms with Crippen LogP contribution in [-0.2, 0) is 34.8 Å². The van der Waals surface area contributed by atoms with Gasteiger partial charge in [-0.25, -0.2) is 4.72 Å². The summed E-state index contributed by atoms with van der Waals surface area (Å²) in [6.45, 7) is 0.130. The fraction of sp³-hybridized carbons (Fsp3) is 0.250. The Morgan fingerprint density at radius 1 is 1.33 bits per heavy atom. The quantitative estimate of drug-likeness (QED) is 0.335. The second-order valence-electron chi connectivity index (χ2n) is 3.75. The molecule has 1 rings (SSSR count). The summed E-state index contributed by atoms with van der Waals surface area (Å²) in [5, 5.41) is 0. The molecule has 0 radical (unpaired) electrons. The van der Waals surface area contributed by atoms with E-state index in [1.165, 1.54) is 7.11 Å². The van der Waals surface area contributed by atoms with Crippen molar-refractivity contribution < 1.29 is 26.3 Å². The number of hydrogen-bond acceptors (Lipinski definition) is 7. The van der Waals surface area contributed by atoms with Gasteiger partial charge in [-0.1, -0.05) is 24.3 Å². The van der Waals surface area contributed by atoms with Crippen LogP contribution >= 0.6 is 12.9 Å². The fourth-order valence-electron chi connectivity index (χ4n) is 1.55. The summed E-state index contributed by atoms with van der Waals surface area (Å²) in [5.41, 5.74) is 1.11. The monoisotopic (exact) mass is 333 g/mol. The molecule has 0 bridgehead atoms. The zero-order valence-electron chi connectivity index (χ0n) is 11.4. The van der Waals surface area contributed by atoms with E-state index in [1.807, 2.05) is 0 Å². The molecule has 0 aliphatic heterocycles. The molecule has 7 nitrogen and oxygen atoms in total. The highest BCUT2D eigenvalue weighted by Gasteiger charge is 2.21. The molecular formula is C12H15NO6S2. The molecule has 0 aliphatic carbocycles. The normalized spacial score (nSPS) is 12.0. The molecule has 0 heterocycles. The summed E-state index contributed by atoms with van der Waals surface area (Å²) < 4.78 is 38.1. The van der Waals surface area contributed by atoms with Crippen LogP contribution in [0, 0.1) is 0 Å². The molecule has 1 N–H and O–H groups in total. The highest BCUT2D eigenvalue weighted by Crippen LogP contribution is 2.21. The van der Waals surface area contributed by atoms with Crippen molar-refractivity contribution in [2.24, 2.45) is 0 Å². The summed E-state index contributed by atoms with van der Waals surface area (Å²) in [4.78, 5) is 12.1. The number of benzene rings is 1. The number of methoxy groups -OCH3 is 1. The van der Waals surface area contributed by atoms with Crippen LogP contribution in [0.1, 0.15) is 11.1 Å². The summed E-state index contributed by atoms with van der Waals surface area (Å²) in [5.74, 6) is -0.884. The summed E-state index contributed by atoms with van der Waals surface area (Å²) in [6.07, 6.45) is 1.14. The van der Waals surface area contributed by atoms with E-state index in [2.05, 4.69) is 17.1 Å². The van der Waals surface area contributed by atoms with Crippen molar-refractivity contribution in [3.63, 3.8) is 0 Å². The lowest BCUT2D eigenvalue weighted by Crippen LogP contribution is -2.32. The predicted octanol–water partition coefficient (Wildman–Crippen LogP) is 1.04. The van der Waals surface area contributed by atoms with Crippen molar-refractivity contribution in [3.05, 3.63) is 41.7 Å². The number of nitrogens with one attached hydrogen (secondary N) is 1. The second-order valence-corrected chi connectivity index (χ2v) is 5.45. The first kappa shape index (κ1) is 17.5. The van der Waals surface area contributed by atoms with E-state index < -0.39 is 16.2 Å². The van der Waals surface area contributed by atoms with Crippen molar-refractivity contribution in [2.45, 2.75) is 6.61 Å². The van der Waals surface area contributed by atoms with Crippen LogP contribution in [0.15, 0.2) is 30.5 Å². The average molecular weight is 333 g/mol. The molecule has 9 heteroatoms. The minimum atomic E-state index is -4.16. The minimum Gasteiger partial charge on any atom is -0.504 e.